The number of likely N-dealkylation sites (tertiary alicyclic amines) is 1. The average molecular weight is 362 g/mol. The molecule has 0 bridgehead atoms. The van der Waals surface area contributed by atoms with E-state index in [4.69, 9.17) is 5.73 Å². The Morgan fingerprint density at radius 1 is 1.37 bits per heavy atom. The van der Waals surface area contributed by atoms with Crippen LogP contribution in [0.25, 0.3) is 10.9 Å². The highest BCUT2D eigenvalue weighted by Gasteiger charge is 2.42. The lowest BCUT2D eigenvalue weighted by Crippen LogP contribution is -2.51. The van der Waals surface area contributed by atoms with Gasteiger partial charge in [0.1, 0.15) is 5.92 Å². The van der Waals surface area contributed by atoms with Crippen LogP contribution < -0.4 is 5.73 Å². The van der Waals surface area contributed by atoms with Gasteiger partial charge in [0.25, 0.3) is 0 Å². The van der Waals surface area contributed by atoms with Gasteiger partial charge in [-0.2, -0.15) is 5.26 Å². The number of fused-ring (bicyclic) bond motifs is 2. The summed E-state index contributed by atoms with van der Waals surface area (Å²) < 4.78 is 0. The van der Waals surface area contributed by atoms with Gasteiger partial charge in [0.15, 0.2) is 0 Å². The number of nitriles is 1. The number of H-pyrrole nitrogens is 1. The van der Waals surface area contributed by atoms with Crippen molar-refractivity contribution in [3.05, 3.63) is 35.5 Å². The largest absolute Gasteiger partial charge is 0.369 e. The van der Waals surface area contributed by atoms with Crippen molar-refractivity contribution < 1.29 is 4.79 Å². The van der Waals surface area contributed by atoms with Gasteiger partial charge in [-0.25, -0.2) is 0 Å². The first kappa shape index (κ1) is 16.8. The first-order chi connectivity index (χ1) is 13.1. The maximum atomic E-state index is 11.6. The number of aromatic nitrogens is 1. The number of piperidine rings is 1. The molecule has 5 heteroatoms. The number of hydrogen-bond donors (Lipinski definition) is 2. The van der Waals surface area contributed by atoms with E-state index in [1.807, 2.05) is 0 Å². The normalized spacial score (nSPS) is 28.5. The summed E-state index contributed by atoms with van der Waals surface area (Å²) in [4.78, 5) is 17.7. The zero-order chi connectivity index (χ0) is 18.5. The molecule has 4 atom stereocenters. The lowest BCUT2D eigenvalue weighted by atomic mass is 9.70. The van der Waals surface area contributed by atoms with E-state index in [9.17, 15) is 10.1 Å². The molecule has 0 spiro atoms. The lowest BCUT2D eigenvalue weighted by molar-refractivity contribution is -0.120. The second-order valence-electron chi connectivity index (χ2n) is 8.78. The third-order valence-corrected chi connectivity index (χ3v) is 6.92. The number of nitrogens with two attached hydrogens (primary N) is 1. The second-order valence-corrected chi connectivity index (χ2v) is 8.78. The van der Waals surface area contributed by atoms with Crippen molar-refractivity contribution in [2.45, 2.75) is 44.1 Å². The maximum Gasteiger partial charge on any atom is 0.234 e. The summed E-state index contributed by atoms with van der Waals surface area (Å²) in [6, 6.07) is 9.24. The number of nitrogens with zero attached hydrogens (tertiary/aromatic N) is 2. The standard InChI is InChI=1S/C22H26N4O/c23-9-15(22(24)27)6-14-7-18-17-2-1-3-19-21(17)16(10-25-19)8-20(18)26(12-14)11-13-4-5-13/h1-3,10,13-15,18,20,25H,4-8,11-12H2,(H2,24,27)/t14-,15?,18?,20-/m1/s1. The van der Waals surface area contributed by atoms with Crippen LogP contribution in [0.2, 0.25) is 0 Å². The van der Waals surface area contributed by atoms with E-state index in [0.717, 1.165) is 31.8 Å². The fourth-order valence-electron chi connectivity index (χ4n) is 5.48. The Hall–Kier alpha value is -2.32. The van der Waals surface area contributed by atoms with Gasteiger partial charge >= 0.3 is 0 Å². The SMILES string of the molecule is N#CC(C[C@@H]1CC2c3cccc4[nH]cc(c34)C[C@H]2N(CC2CC2)C1)C(N)=O. The van der Waals surface area contributed by atoms with Crippen molar-refractivity contribution in [2.75, 3.05) is 13.1 Å². The molecular weight excluding hydrogens is 336 g/mol. The predicted octanol–water partition coefficient (Wildman–Crippen LogP) is 2.92. The summed E-state index contributed by atoms with van der Waals surface area (Å²) in [6.45, 7) is 2.14. The van der Waals surface area contributed by atoms with E-state index >= 15 is 0 Å². The number of carbonyl (C=O) groups excluding carboxylic acids is 1. The second kappa shape index (κ2) is 6.38. The summed E-state index contributed by atoms with van der Waals surface area (Å²) in [5, 5.41) is 10.7. The number of nitrogens with one attached hydrogen (secondary N) is 1. The Kier molecular flexibility index (Phi) is 3.98. The van der Waals surface area contributed by atoms with Crippen molar-refractivity contribution >= 4 is 16.8 Å². The smallest absolute Gasteiger partial charge is 0.234 e. The molecule has 2 aliphatic carbocycles. The van der Waals surface area contributed by atoms with Crippen LogP contribution in [0.3, 0.4) is 0 Å². The molecule has 2 fully saturated rings. The first-order valence-electron chi connectivity index (χ1n) is 10.2. The highest BCUT2D eigenvalue weighted by atomic mass is 16.1. The van der Waals surface area contributed by atoms with Gasteiger partial charge in [0.2, 0.25) is 5.91 Å². The van der Waals surface area contributed by atoms with E-state index < -0.39 is 11.8 Å². The third-order valence-electron chi connectivity index (χ3n) is 6.92. The van der Waals surface area contributed by atoms with Crippen LogP contribution in [0.15, 0.2) is 24.4 Å². The Morgan fingerprint density at radius 3 is 2.96 bits per heavy atom. The van der Waals surface area contributed by atoms with E-state index in [-0.39, 0.29) is 0 Å². The quantitative estimate of drug-likeness (QED) is 0.857. The minimum absolute atomic E-state index is 0.345. The third kappa shape index (κ3) is 2.93. The number of rotatable bonds is 5. The van der Waals surface area contributed by atoms with Crippen molar-refractivity contribution in [1.82, 2.24) is 9.88 Å². The fourth-order valence-corrected chi connectivity index (χ4v) is 5.48. The molecule has 1 aromatic heterocycles. The molecule has 140 valence electrons. The number of hydrogen-bond acceptors (Lipinski definition) is 3. The van der Waals surface area contributed by atoms with Crippen molar-refractivity contribution in [1.29, 1.82) is 5.26 Å². The summed E-state index contributed by atoms with van der Waals surface area (Å²) in [7, 11) is 0. The molecule has 5 nitrogen and oxygen atoms in total. The summed E-state index contributed by atoms with van der Waals surface area (Å²) in [5.74, 6) is 0.499. The van der Waals surface area contributed by atoms with Crippen molar-refractivity contribution in [3.8, 4) is 6.07 Å². The zero-order valence-corrected chi connectivity index (χ0v) is 15.5. The van der Waals surface area contributed by atoms with Gasteiger partial charge in [0.05, 0.1) is 6.07 Å². The Morgan fingerprint density at radius 2 is 2.22 bits per heavy atom. The van der Waals surface area contributed by atoms with Gasteiger partial charge < -0.3 is 10.7 Å². The Labute approximate surface area is 159 Å². The monoisotopic (exact) mass is 362 g/mol. The van der Waals surface area contributed by atoms with E-state index in [0.29, 0.717) is 24.3 Å². The predicted molar refractivity (Wildman–Crippen MR) is 104 cm³/mol. The molecule has 3 aliphatic rings. The molecule has 2 heterocycles. The molecule has 27 heavy (non-hydrogen) atoms. The number of primary amides is 1. The highest BCUT2D eigenvalue weighted by Crippen LogP contribution is 2.46. The lowest BCUT2D eigenvalue weighted by Gasteiger charge is -2.47. The average Bonchev–Trinajstić information content (AvgIpc) is 3.39. The molecule has 0 radical (unpaired) electrons. The van der Waals surface area contributed by atoms with E-state index in [1.165, 1.54) is 34.9 Å². The number of amides is 1. The summed E-state index contributed by atoms with van der Waals surface area (Å²) in [6.07, 6.45) is 7.59. The Bertz CT molecular complexity index is 922. The molecule has 2 unspecified atom stereocenters. The van der Waals surface area contributed by atoms with Crippen LogP contribution in [0, 0.1) is 29.1 Å². The van der Waals surface area contributed by atoms with Crippen LogP contribution in [0.4, 0.5) is 0 Å². The molecule has 1 aromatic carbocycles. The molecular formula is C22H26N4O. The van der Waals surface area contributed by atoms with Crippen molar-refractivity contribution in [2.24, 2.45) is 23.5 Å². The minimum atomic E-state index is -0.670. The molecule has 2 aromatic rings. The van der Waals surface area contributed by atoms with Crippen molar-refractivity contribution in [3.63, 3.8) is 0 Å². The van der Waals surface area contributed by atoms with Gasteiger partial charge in [-0.15, -0.1) is 0 Å². The number of aromatic amines is 1. The zero-order valence-electron chi connectivity index (χ0n) is 15.5. The van der Waals surface area contributed by atoms with Crippen LogP contribution >= 0.6 is 0 Å². The maximum absolute atomic E-state index is 11.6. The highest BCUT2D eigenvalue weighted by molar-refractivity contribution is 5.88. The first-order valence-corrected chi connectivity index (χ1v) is 10.2. The van der Waals surface area contributed by atoms with Gasteiger partial charge in [-0.1, -0.05) is 12.1 Å². The minimum Gasteiger partial charge on any atom is -0.369 e. The topological polar surface area (TPSA) is 85.9 Å². The Balaban J connectivity index is 1.49. The molecule has 5 rings (SSSR count). The number of carbonyl (C=O) groups is 1. The van der Waals surface area contributed by atoms with Gasteiger partial charge in [-0.3, -0.25) is 9.69 Å². The van der Waals surface area contributed by atoms with Crippen LogP contribution in [-0.4, -0.2) is 34.9 Å². The molecule has 3 N–H and O–H groups in total. The van der Waals surface area contributed by atoms with Gasteiger partial charge in [0, 0.05) is 42.1 Å². The molecule has 1 aliphatic heterocycles. The summed E-state index contributed by atoms with van der Waals surface area (Å²) in [5.41, 5.74) is 9.56. The summed E-state index contributed by atoms with van der Waals surface area (Å²) >= 11 is 0. The molecule has 1 saturated heterocycles. The van der Waals surface area contributed by atoms with E-state index in [1.54, 1.807) is 0 Å². The van der Waals surface area contributed by atoms with Crippen LogP contribution in [0.1, 0.15) is 42.7 Å². The van der Waals surface area contributed by atoms with Crippen LogP contribution in [-0.2, 0) is 11.2 Å². The molecule has 1 saturated carbocycles. The van der Waals surface area contributed by atoms with E-state index in [2.05, 4.69) is 40.3 Å². The number of benzene rings is 1. The van der Waals surface area contributed by atoms with Gasteiger partial charge in [-0.05, 0) is 61.1 Å². The molecule has 1 amide bonds. The van der Waals surface area contributed by atoms with Crippen LogP contribution in [0.5, 0.6) is 0 Å². The fraction of sp³-hybridized carbons (Fsp3) is 0.545.